The molecule has 13 heavy (non-hydrogen) atoms. The summed E-state index contributed by atoms with van der Waals surface area (Å²) in [6.07, 6.45) is 0. The van der Waals surface area contributed by atoms with Crippen LogP contribution in [0.2, 0.25) is 5.02 Å². The van der Waals surface area contributed by atoms with Gasteiger partial charge in [0.1, 0.15) is 12.4 Å². The molecule has 1 rings (SSSR count). The molecule has 0 saturated carbocycles. The fourth-order valence-corrected chi connectivity index (χ4v) is 1.06. The van der Waals surface area contributed by atoms with Gasteiger partial charge in [-0.3, -0.25) is 0 Å². The Kier molecular flexibility index (Phi) is 4.53. The highest BCUT2D eigenvalue weighted by molar-refractivity contribution is 6.32. The Balaban J connectivity index is 2.50. The average molecular weight is 215 g/mol. The predicted molar refractivity (Wildman–Crippen MR) is 55.4 cm³/mol. The van der Waals surface area contributed by atoms with Crippen molar-refractivity contribution in [1.82, 2.24) is 0 Å². The van der Waals surface area contributed by atoms with Crippen molar-refractivity contribution in [3.63, 3.8) is 0 Å². The van der Waals surface area contributed by atoms with Gasteiger partial charge in [-0.2, -0.15) is 0 Å². The first-order valence-electron chi connectivity index (χ1n) is 3.73. The Hall–Kier alpha value is -0.840. The van der Waals surface area contributed by atoms with Crippen LogP contribution in [0.15, 0.2) is 24.3 Å². The largest absolute Gasteiger partial charge is 0.479 e. The van der Waals surface area contributed by atoms with Gasteiger partial charge in [-0.25, -0.2) is 0 Å². The summed E-state index contributed by atoms with van der Waals surface area (Å²) in [6.45, 7) is 0.316. The maximum absolute atomic E-state index is 5.84. The molecular formula is C10H8Cl2O. The predicted octanol–water partition coefficient (Wildman–Crippen LogP) is 2.96. The molecule has 0 aliphatic carbocycles. The molecule has 1 nitrogen and oxygen atoms in total. The molecule has 68 valence electrons. The third-order valence-corrected chi connectivity index (χ3v) is 1.77. The quantitative estimate of drug-likeness (QED) is 0.544. The van der Waals surface area contributed by atoms with E-state index in [0.29, 0.717) is 23.3 Å². The maximum Gasteiger partial charge on any atom is 0.149 e. The molecule has 1 aromatic rings. The number of hydrogen-bond donors (Lipinski definition) is 0. The number of ether oxygens (including phenoxy) is 1. The molecular weight excluding hydrogens is 207 g/mol. The molecule has 0 N–H and O–H groups in total. The van der Waals surface area contributed by atoms with E-state index in [0.717, 1.165) is 0 Å². The summed E-state index contributed by atoms with van der Waals surface area (Å²) in [7, 11) is 0. The zero-order valence-electron chi connectivity index (χ0n) is 6.89. The molecule has 0 spiro atoms. The third kappa shape index (κ3) is 3.59. The molecule has 0 aromatic heterocycles. The molecule has 0 saturated heterocycles. The van der Waals surface area contributed by atoms with Crippen LogP contribution in [0.4, 0.5) is 0 Å². The lowest BCUT2D eigenvalue weighted by molar-refractivity contribution is 0.370. The summed E-state index contributed by atoms with van der Waals surface area (Å²) in [6, 6.07) is 7.27. The smallest absolute Gasteiger partial charge is 0.149 e. The highest BCUT2D eigenvalue weighted by Gasteiger charge is 1.96. The van der Waals surface area contributed by atoms with Crippen LogP contribution in [0.3, 0.4) is 0 Å². The fourth-order valence-electron chi connectivity index (χ4n) is 0.774. The van der Waals surface area contributed by atoms with Gasteiger partial charge >= 0.3 is 0 Å². The van der Waals surface area contributed by atoms with Crippen LogP contribution in [0.5, 0.6) is 5.75 Å². The molecule has 0 radical (unpaired) electrons. The number of para-hydroxylation sites is 1. The van der Waals surface area contributed by atoms with Crippen molar-refractivity contribution in [1.29, 1.82) is 0 Å². The van der Waals surface area contributed by atoms with E-state index in [4.69, 9.17) is 27.9 Å². The average Bonchev–Trinajstić information content (AvgIpc) is 2.15. The van der Waals surface area contributed by atoms with Crippen LogP contribution < -0.4 is 4.74 Å². The van der Waals surface area contributed by atoms with E-state index in [2.05, 4.69) is 11.8 Å². The van der Waals surface area contributed by atoms with Gasteiger partial charge in [0.15, 0.2) is 0 Å². The second-order valence-electron chi connectivity index (χ2n) is 2.21. The summed E-state index contributed by atoms with van der Waals surface area (Å²) in [5, 5.41) is 0.593. The number of halogens is 2. The topological polar surface area (TPSA) is 9.23 Å². The van der Waals surface area contributed by atoms with E-state index >= 15 is 0 Å². The van der Waals surface area contributed by atoms with Crippen LogP contribution >= 0.6 is 23.2 Å². The Morgan fingerprint density at radius 3 is 2.69 bits per heavy atom. The van der Waals surface area contributed by atoms with Crippen molar-refractivity contribution >= 4 is 23.2 Å². The van der Waals surface area contributed by atoms with Crippen molar-refractivity contribution in [2.45, 2.75) is 0 Å². The minimum Gasteiger partial charge on any atom is -0.479 e. The first-order valence-corrected chi connectivity index (χ1v) is 4.65. The monoisotopic (exact) mass is 214 g/mol. The zero-order valence-corrected chi connectivity index (χ0v) is 8.40. The molecule has 0 aliphatic heterocycles. The Morgan fingerprint density at radius 2 is 2.00 bits per heavy atom. The lowest BCUT2D eigenvalue weighted by Gasteiger charge is -2.02. The highest BCUT2D eigenvalue weighted by Crippen LogP contribution is 2.22. The number of rotatable bonds is 2. The van der Waals surface area contributed by atoms with E-state index in [1.54, 1.807) is 12.1 Å². The van der Waals surface area contributed by atoms with E-state index < -0.39 is 0 Å². The molecule has 0 amide bonds. The van der Waals surface area contributed by atoms with Crippen molar-refractivity contribution in [3.8, 4) is 17.6 Å². The van der Waals surface area contributed by atoms with Crippen LogP contribution in [0.1, 0.15) is 0 Å². The minimum absolute atomic E-state index is 0.316. The maximum atomic E-state index is 5.84. The van der Waals surface area contributed by atoms with Crippen LogP contribution in [0, 0.1) is 11.8 Å². The lowest BCUT2D eigenvalue weighted by Crippen LogP contribution is -1.94. The van der Waals surface area contributed by atoms with E-state index in [-0.39, 0.29) is 0 Å². The molecule has 3 heteroatoms. The van der Waals surface area contributed by atoms with Gasteiger partial charge in [-0.05, 0) is 12.1 Å². The summed E-state index contributed by atoms with van der Waals surface area (Å²) >= 11 is 11.2. The molecule has 0 unspecified atom stereocenters. The van der Waals surface area contributed by atoms with Gasteiger partial charge < -0.3 is 4.74 Å². The summed E-state index contributed by atoms with van der Waals surface area (Å²) in [5.74, 6) is 6.40. The normalized spacial score (nSPS) is 8.77. The van der Waals surface area contributed by atoms with E-state index in [1.165, 1.54) is 0 Å². The first kappa shape index (κ1) is 10.2. The Bertz CT molecular complexity index is 325. The Morgan fingerprint density at radius 1 is 1.23 bits per heavy atom. The van der Waals surface area contributed by atoms with Gasteiger partial charge in [0.25, 0.3) is 0 Å². The van der Waals surface area contributed by atoms with Gasteiger partial charge in [0, 0.05) is 0 Å². The molecule has 1 aromatic carbocycles. The number of benzene rings is 1. The lowest BCUT2D eigenvalue weighted by atomic mass is 10.3. The summed E-state index contributed by atoms with van der Waals surface area (Å²) in [5.41, 5.74) is 0. The van der Waals surface area contributed by atoms with Crippen LogP contribution in [-0.4, -0.2) is 12.5 Å². The molecule has 0 aliphatic rings. The van der Waals surface area contributed by atoms with Gasteiger partial charge in [0.05, 0.1) is 10.9 Å². The van der Waals surface area contributed by atoms with E-state index in [9.17, 15) is 0 Å². The van der Waals surface area contributed by atoms with Crippen molar-refractivity contribution in [2.75, 3.05) is 12.5 Å². The number of hydrogen-bond acceptors (Lipinski definition) is 1. The summed E-state index contributed by atoms with van der Waals surface area (Å²) in [4.78, 5) is 0. The minimum atomic E-state index is 0.316. The van der Waals surface area contributed by atoms with Gasteiger partial charge in [-0.15, -0.1) is 11.6 Å². The van der Waals surface area contributed by atoms with Gasteiger partial charge in [-0.1, -0.05) is 35.6 Å². The first-order chi connectivity index (χ1) is 6.34. The van der Waals surface area contributed by atoms with Crippen LogP contribution in [-0.2, 0) is 0 Å². The standard InChI is InChI=1S/C10H8Cl2O/c11-7-3-4-8-13-10-6-2-1-5-9(10)12/h1-2,5-6H,7-8H2. The second kappa shape index (κ2) is 5.75. The van der Waals surface area contributed by atoms with Crippen molar-refractivity contribution in [2.24, 2.45) is 0 Å². The van der Waals surface area contributed by atoms with Crippen LogP contribution in [0.25, 0.3) is 0 Å². The third-order valence-electron chi connectivity index (χ3n) is 1.33. The van der Waals surface area contributed by atoms with Crippen molar-refractivity contribution in [3.05, 3.63) is 29.3 Å². The van der Waals surface area contributed by atoms with E-state index in [1.807, 2.05) is 12.1 Å². The molecule has 0 heterocycles. The molecule has 0 bridgehead atoms. The summed E-state index contributed by atoms with van der Waals surface area (Å²) < 4.78 is 5.27. The zero-order chi connectivity index (χ0) is 9.52. The fraction of sp³-hybridized carbons (Fsp3) is 0.200. The SMILES string of the molecule is ClCC#CCOc1ccccc1Cl. The molecule has 0 atom stereocenters. The Labute approximate surface area is 87.6 Å². The molecule has 0 fully saturated rings. The second-order valence-corrected chi connectivity index (χ2v) is 2.88. The number of alkyl halides is 1. The van der Waals surface area contributed by atoms with Gasteiger partial charge in [0.2, 0.25) is 0 Å². The highest BCUT2D eigenvalue weighted by atomic mass is 35.5. The van der Waals surface area contributed by atoms with Crippen molar-refractivity contribution < 1.29 is 4.74 Å².